The van der Waals surface area contributed by atoms with Crippen molar-refractivity contribution in [1.29, 1.82) is 0 Å². The summed E-state index contributed by atoms with van der Waals surface area (Å²) in [4.78, 5) is 15.9. The van der Waals surface area contributed by atoms with Crippen molar-refractivity contribution in [2.24, 2.45) is 0 Å². The standard InChI is InChI=1S/C14H11FN4O2/c15-10-4-1-3-9(7-10)8-12(20)16-14-17-13(18-19-14)11-5-2-6-21-11/h1-7H,8H2,(H2,16,17,18,19,20). The molecule has 1 aromatic carbocycles. The number of nitrogens with zero attached hydrogens (tertiary/aromatic N) is 2. The molecule has 2 aromatic heterocycles. The summed E-state index contributed by atoms with van der Waals surface area (Å²) in [7, 11) is 0. The molecule has 0 fully saturated rings. The van der Waals surface area contributed by atoms with Crippen LogP contribution in [-0.4, -0.2) is 21.1 Å². The van der Waals surface area contributed by atoms with Gasteiger partial charge in [-0.1, -0.05) is 12.1 Å². The zero-order chi connectivity index (χ0) is 14.7. The van der Waals surface area contributed by atoms with Gasteiger partial charge >= 0.3 is 0 Å². The quantitative estimate of drug-likeness (QED) is 0.771. The number of aromatic amines is 1. The highest BCUT2D eigenvalue weighted by atomic mass is 19.1. The molecule has 1 amide bonds. The third-order valence-corrected chi connectivity index (χ3v) is 2.74. The summed E-state index contributed by atoms with van der Waals surface area (Å²) in [6.45, 7) is 0. The largest absolute Gasteiger partial charge is 0.461 e. The van der Waals surface area contributed by atoms with Crippen LogP contribution >= 0.6 is 0 Å². The van der Waals surface area contributed by atoms with E-state index in [-0.39, 0.29) is 24.1 Å². The molecule has 0 saturated heterocycles. The summed E-state index contributed by atoms with van der Waals surface area (Å²) in [6, 6.07) is 9.31. The first-order valence-corrected chi connectivity index (χ1v) is 6.21. The molecule has 3 rings (SSSR count). The second-order valence-electron chi connectivity index (χ2n) is 4.34. The van der Waals surface area contributed by atoms with Crippen LogP contribution in [0, 0.1) is 5.82 Å². The van der Waals surface area contributed by atoms with Gasteiger partial charge in [-0.2, -0.15) is 4.98 Å². The maximum Gasteiger partial charge on any atom is 0.249 e. The van der Waals surface area contributed by atoms with Crippen LogP contribution in [0.15, 0.2) is 47.1 Å². The summed E-state index contributed by atoms with van der Waals surface area (Å²) in [5.74, 6) is 0.376. The number of furan rings is 1. The Morgan fingerprint density at radius 3 is 3.00 bits per heavy atom. The van der Waals surface area contributed by atoms with Gasteiger partial charge in [-0.15, -0.1) is 5.10 Å². The van der Waals surface area contributed by atoms with Crippen molar-refractivity contribution in [3.63, 3.8) is 0 Å². The van der Waals surface area contributed by atoms with Gasteiger partial charge in [0.15, 0.2) is 11.6 Å². The van der Waals surface area contributed by atoms with E-state index in [4.69, 9.17) is 4.42 Å². The average Bonchev–Trinajstić information content (AvgIpc) is 3.08. The Bertz CT molecular complexity index is 752. The number of aromatic nitrogens is 3. The Balaban J connectivity index is 1.65. The minimum Gasteiger partial charge on any atom is -0.461 e. The molecule has 106 valence electrons. The predicted octanol–water partition coefficient (Wildman–Crippen LogP) is 2.39. The molecule has 2 N–H and O–H groups in total. The second kappa shape index (κ2) is 5.58. The van der Waals surface area contributed by atoms with E-state index in [0.717, 1.165) is 0 Å². The van der Waals surface area contributed by atoms with Crippen LogP contribution in [0.5, 0.6) is 0 Å². The highest BCUT2D eigenvalue weighted by molar-refractivity contribution is 5.90. The van der Waals surface area contributed by atoms with Gasteiger partial charge in [0.05, 0.1) is 12.7 Å². The van der Waals surface area contributed by atoms with Crippen molar-refractivity contribution in [3.05, 3.63) is 54.0 Å². The Hall–Kier alpha value is -2.96. The predicted molar refractivity (Wildman–Crippen MR) is 72.8 cm³/mol. The van der Waals surface area contributed by atoms with Gasteiger partial charge in [-0.25, -0.2) is 4.39 Å². The molecule has 0 aliphatic heterocycles. The number of benzene rings is 1. The van der Waals surface area contributed by atoms with Crippen LogP contribution in [0.25, 0.3) is 11.6 Å². The molecule has 0 radical (unpaired) electrons. The molecule has 6 nitrogen and oxygen atoms in total. The molecule has 0 spiro atoms. The maximum atomic E-state index is 13.0. The monoisotopic (exact) mass is 286 g/mol. The second-order valence-corrected chi connectivity index (χ2v) is 4.34. The summed E-state index contributed by atoms with van der Waals surface area (Å²) in [5, 5.41) is 9.06. The van der Waals surface area contributed by atoms with Crippen molar-refractivity contribution in [3.8, 4) is 11.6 Å². The first-order valence-electron chi connectivity index (χ1n) is 6.21. The van der Waals surface area contributed by atoms with E-state index < -0.39 is 0 Å². The van der Waals surface area contributed by atoms with E-state index in [2.05, 4.69) is 20.5 Å². The summed E-state index contributed by atoms with van der Waals surface area (Å²) in [6.07, 6.45) is 1.56. The highest BCUT2D eigenvalue weighted by Gasteiger charge is 2.11. The topological polar surface area (TPSA) is 83.8 Å². The SMILES string of the molecule is O=C(Cc1cccc(F)c1)Nc1n[nH]c(-c2ccco2)n1. The lowest BCUT2D eigenvalue weighted by Gasteiger charge is -2.01. The third-order valence-electron chi connectivity index (χ3n) is 2.74. The van der Waals surface area contributed by atoms with Crippen molar-refractivity contribution in [2.75, 3.05) is 5.32 Å². The zero-order valence-electron chi connectivity index (χ0n) is 10.8. The fourth-order valence-corrected chi connectivity index (χ4v) is 1.84. The van der Waals surface area contributed by atoms with E-state index in [1.54, 1.807) is 24.3 Å². The zero-order valence-corrected chi connectivity index (χ0v) is 10.8. The fourth-order valence-electron chi connectivity index (χ4n) is 1.84. The van der Waals surface area contributed by atoms with E-state index in [1.807, 2.05) is 0 Å². The third kappa shape index (κ3) is 3.14. The van der Waals surface area contributed by atoms with E-state index in [9.17, 15) is 9.18 Å². The molecule has 0 saturated carbocycles. The molecule has 0 unspecified atom stereocenters. The van der Waals surface area contributed by atoms with Gasteiger partial charge in [-0.05, 0) is 29.8 Å². The van der Waals surface area contributed by atoms with Crippen LogP contribution in [-0.2, 0) is 11.2 Å². The van der Waals surface area contributed by atoms with Gasteiger partial charge in [0.2, 0.25) is 11.9 Å². The maximum absolute atomic E-state index is 13.0. The van der Waals surface area contributed by atoms with Crippen molar-refractivity contribution in [2.45, 2.75) is 6.42 Å². The molecule has 0 aliphatic carbocycles. The fraction of sp³-hybridized carbons (Fsp3) is 0.0714. The minimum absolute atomic E-state index is 0.0440. The first-order chi connectivity index (χ1) is 10.2. The molecule has 3 aromatic rings. The molecule has 0 atom stereocenters. The lowest BCUT2D eigenvalue weighted by atomic mass is 10.1. The van der Waals surface area contributed by atoms with Crippen LogP contribution < -0.4 is 5.32 Å². The molecule has 7 heteroatoms. The molecular formula is C14H11FN4O2. The van der Waals surface area contributed by atoms with Gasteiger partial charge in [0, 0.05) is 0 Å². The number of nitrogens with one attached hydrogen (secondary N) is 2. The van der Waals surface area contributed by atoms with Crippen LogP contribution in [0.2, 0.25) is 0 Å². The number of anilines is 1. The van der Waals surface area contributed by atoms with Gasteiger partial charge in [-0.3, -0.25) is 15.2 Å². The lowest BCUT2D eigenvalue weighted by Crippen LogP contribution is -2.15. The van der Waals surface area contributed by atoms with Crippen molar-refractivity contribution in [1.82, 2.24) is 15.2 Å². The highest BCUT2D eigenvalue weighted by Crippen LogP contribution is 2.16. The normalized spacial score (nSPS) is 10.5. The number of hydrogen-bond donors (Lipinski definition) is 2. The van der Waals surface area contributed by atoms with Crippen LogP contribution in [0.4, 0.5) is 10.3 Å². The van der Waals surface area contributed by atoms with E-state index in [1.165, 1.54) is 18.4 Å². The molecule has 2 heterocycles. The molecule has 21 heavy (non-hydrogen) atoms. The van der Waals surface area contributed by atoms with Gasteiger partial charge in [0.1, 0.15) is 5.82 Å². The van der Waals surface area contributed by atoms with Gasteiger partial charge < -0.3 is 4.42 Å². The molecular weight excluding hydrogens is 275 g/mol. The summed E-state index contributed by atoms with van der Waals surface area (Å²) in [5.41, 5.74) is 0.578. The number of rotatable bonds is 4. The Morgan fingerprint density at radius 2 is 2.24 bits per heavy atom. The molecule has 0 aliphatic rings. The Morgan fingerprint density at radius 1 is 1.33 bits per heavy atom. The van der Waals surface area contributed by atoms with Crippen LogP contribution in [0.3, 0.4) is 0 Å². The first kappa shape index (κ1) is 13.0. The number of halogens is 1. The van der Waals surface area contributed by atoms with E-state index in [0.29, 0.717) is 17.1 Å². The number of carbonyl (C=O) groups excluding carboxylic acids is 1. The minimum atomic E-state index is -0.377. The number of hydrogen-bond acceptors (Lipinski definition) is 4. The Kier molecular flexibility index (Phi) is 3.46. The smallest absolute Gasteiger partial charge is 0.249 e. The van der Waals surface area contributed by atoms with Crippen molar-refractivity contribution < 1.29 is 13.6 Å². The lowest BCUT2D eigenvalue weighted by molar-refractivity contribution is -0.115. The number of H-pyrrole nitrogens is 1. The number of amides is 1. The van der Waals surface area contributed by atoms with Gasteiger partial charge in [0.25, 0.3) is 0 Å². The molecule has 0 bridgehead atoms. The van der Waals surface area contributed by atoms with Crippen LogP contribution in [0.1, 0.15) is 5.56 Å². The summed E-state index contributed by atoms with van der Waals surface area (Å²) >= 11 is 0. The summed E-state index contributed by atoms with van der Waals surface area (Å²) < 4.78 is 18.2. The average molecular weight is 286 g/mol. The Labute approximate surface area is 119 Å². The van der Waals surface area contributed by atoms with E-state index >= 15 is 0 Å². The number of carbonyl (C=O) groups is 1. The van der Waals surface area contributed by atoms with Crippen molar-refractivity contribution >= 4 is 11.9 Å².